The number of hydrogen-bond donors (Lipinski definition) is 1. The van der Waals surface area contributed by atoms with Crippen LogP contribution in [-0.2, 0) is 9.53 Å². The van der Waals surface area contributed by atoms with E-state index in [9.17, 15) is 4.79 Å². The monoisotopic (exact) mass is 262 g/mol. The summed E-state index contributed by atoms with van der Waals surface area (Å²) in [6.07, 6.45) is 0.381. The van der Waals surface area contributed by atoms with Crippen LogP contribution in [-0.4, -0.2) is 42.6 Å². The summed E-state index contributed by atoms with van der Waals surface area (Å²) in [6, 6.07) is 7.85. The van der Waals surface area contributed by atoms with E-state index in [1.807, 2.05) is 45.0 Å². The Kier molecular flexibility index (Phi) is 4.56. The Morgan fingerprint density at radius 1 is 1.37 bits per heavy atom. The lowest BCUT2D eigenvalue weighted by Gasteiger charge is -2.34. The van der Waals surface area contributed by atoms with Crippen molar-refractivity contribution in [3.8, 4) is 0 Å². The van der Waals surface area contributed by atoms with Crippen molar-refractivity contribution in [2.45, 2.75) is 33.0 Å². The third-order valence-electron chi connectivity index (χ3n) is 3.16. The van der Waals surface area contributed by atoms with Crippen molar-refractivity contribution >= 4 is 11.6 Å². The summed E-state index contributed by atoms with van der Waals surface area (Å²) in [7, 11) is 0. The number of ether oxygens (including phenoxy) is 1. The first-order chi connectivity index (χ1) is 9.02. The normalized spacial score (nSPS) is 24.2. The fourth-order valence-electron chi connectivity index (χ4n) is 2.54. The molecule has 0 saturated carbocycles. The van der Waals surface area contributed by atoms with Gasteiger partial charge in [0, 0.05) is 18.8 Å². The van der Waals surface area contributed by atoms with Crippen molar-refractivity contribution in [3.63, 3.8) is 0 Å². The van der Waals surface area contributed by atoms with Crippen LogP contribution in [0.2, 0.25) is 0 Å². The van der Waals surface area contributed by atoms with Crippen molar-refractivity contribution in [1.82, 2.24) is 4.90 Å². The van der Waals surface area contributed by atoms with E-state index in [0.29, 0.717) is 6.54 Å². The quantitative estimate of drug-likeness (QED) is 0.906. The molecule has 2 rings (SSSR count). The number of amides is 1. The summed E-state index contributed by atoms with van der Waals surface area (Å²) in [4.78, 5) is 14.2. The zero-order chi connectivity index (χ0) is 13.8. The molecule has 0 radical (unpaired) electrons. The molecule has 0 aliphatic carbocycles. The lowest BCUT2D eigenvalue weighted by atomic mass is 10.2. The molecule has 1 aromatic carbocycles. The van der Waals surface area contributed by atoms with Crippen LogP contribution in [0.4, 0.5) is 5.69 Å². The van der Waals surface area contributed by atoms with Crippen molar-refractivity contribution < 1.29 is 9.53 Å². The molecule has 1 saturated heterocycles. The zero-order valence-corrected chi connectivity index (χ0v) is 11.8. The second-order valence-corrected chi connectivity index (χ2v) is 5.37. The van der Waals surface area contributed by atoms with Crippen molar-refractivity contribution in [1.29, 1.82) is 0 Å². The molecule has 0 aromatic heterocycles. The molecular weight excluding hydrogens is 240 g/mol. The van der Waals surface area contributed by atoms with E-state index in [1.165, 1.54) is 0 Å². The predicted octanol–water partition coefficient (Wildman–Crippen LogP) is 2.04. The number of carbonyl (C=O) groups excluding carboxylic acids is 1. The van der Waals surface area contributed by atoms with E-state index in [-0.39, 0.29) is 18.1 Å². The molecule has 104 valence electrons. The van der Waals surface area contributed by atoms with Crippen LogP contribution in [0.1, 0.15) is 19.4 Å². The lowest BCUT2D eigenvalue weighted by molar-refractivity contribution is -0.121. The van der Waals surface area contributed by atoms with Gasteiger partial charge in [-0.3, -0.25) is 9.69 Å². The topological polar surface area (TPSA) is 41.6 Å². The van der Waals surface area contributed by atoms with E-state index >= 15 is 0 Å². The fourth-order valence-corrected chi connectivity index (χ4v) is 2.54. The first-order valence-corrected chi connectivity index (χ1v) is 6.77. The van der Waals surface area contributed by atoms with Gasteiger partial charge in [-0.2, -0.15) is 0 Å². The summed E-state index contributed by atoms with van der Waals surface area (Å²) in [5.74, 6) is 0.0342. The summed E-state index contributed by atoms with van der Waals surface area (Å²) >= 11 is 0. The van der Waals surface area contributed by atoms with Gasteiger partial charge in [-0.15, -0.1) is 0 Å². The van der Waals surface area contributed by atoms with Crippen molar-refractivity contribution in [3.05, 3.63) is 29.8 Å². The Bertz CT molecular complexity index is 438. The highest BCUT2D eigenvalue weighted by Crippen LogP contribution is 2.12. The lowest BCUT2D eigenvalue weighted by Crippen LogP contribution is -2.48. The van der Waals surface area contributed by atoms with Crippen LogP contribution < -0.4 is 5.32 Å². The molecule has 4 nitrogen and oxygen atoms in total. The van der Waals surface area contributed by atoms with Crippen molar-refractivity contribution in [2.75, 3.05) is 25.0 Å². The van der Waals surface area contributed by atoms with Crippen LogP contribution in [0.15, 0.2) is 24.3 Å². The maximum absolute atomic E-state index is 12.0. The summed E-state index contributed by atoms with van der Waals surface area (Å²) in [5, 5.41) is 2.94. The smallest absolute Gasteiger partial charge is 0.238 e. The highest BCUT2D eigenvalue weighted by molar-refractivity contribution is 5.92. The van der Waals surface area contributed by atoms with Crippen LogP contribution in [0, 0.1) is 6.92 Å². The molecule has 0 spiro atoms. The molecule has 1 amide bonds. The second kappa shape index (κ2) is 6.17. The van der Waals surface area contributed by atoms with Gasteiger partial charge in [0.2, 0.25) is 5.91 Å². The second-order valence-electron chi connectivity index (χ2n) is 5.37. The molecule has 1 aliphatic heterocycles. The average Bonchev–Trinajstić information content (AvgIpc) is 2.26. The number of hydrogen-bond acceptors (Lipinski definition) is 3. The number of morpholine rings is 1. The van der Waals surface area contributed by atoms with Gasteiger partial charge in [-0.25, -0.2) is 0 Å². The maximum Gasteiger partial charge on any atom is 0.238 e. The summed E-state index contributed by atoms with van der Waals surface area (Å²) in [5.41, 5.74) is 2.01. The van der Waals surface area contributed by atoms with Gasteiger partial charge in [0.25, 0.3) is 0 Å². The van der Waals surface area contributed by atoms with E-state index in [1.54, 1.807) is 0 Å². The van der Waals surface area contributed by atoms with Gasteiger partial charge in [0.05, 0.1) is 18.8 Å². The fraction of sp³-hybridized carbons (Fsp3) is 0.533. The third kappa shape index (κ3) is 4.33. The van der Waals surface area contributed by atoms with Crippen molar-refractivity contribution in [2.24, 2.45) is 0 Å². The molecule has 1 heterocycles. The van der Waals surface area contributed by atoms with Gasteiger partial charge < -0.3 is 10.1 Å². The summed E-state index contributed by atoms with van der Waals surface area (Å²) < 4.78 is 5.66. The Morgan fingerprint density at radius 2 is 2.05 bits per heavy atom. The number of carbonyl (C=O) groups is 1. The Morgan fingerprint density at radius 3 is 2.68 bits per heavy atom. The van der Waals surface area contributed by atoms with E-state index in [4.69, 9.17) is 4.74 Å². The average molecular weight is 262 g/mol. The Hall–Kier alpha value is -1.39. The molecule has 1 N–H and O–H groups in total. The van der Waals surface area contributed by atoms with Crippen LogP contribution in [0.3, 0.4) is 0 Å². The molecular formula is C15H22N2O2. The molecule has 0 bridgehead atoms. The highest BCUT2D eigenvalue weighted by Gasteiger charge is 2.23. The minimum atomic E-state index is 0.0342. The molecule has 19 heavy (non-hydrogen) atoms. The highest BCUT2D eigenvalue weighted by atomic mass is 16.5. The predicted molar refractivity (Wildman–Crippen MR) is 76.3 cm³/mol. The van der Waals surface area contributed by atoms with Crippen LogP contribution >= 0.6 is 0 Å². The molecule has 1 fully saturated rings. The summed E-state index contributed by atoms with van der Waals surface area (Å²) in [6.45, 7) is 8.15. The standard InChI is InChI=1S/C15H22N2O2/c1-11-5-4-6-14(7-11)16-15(18)10-17-8-12(2)19-13(3)9-17/h4-7,12-13H,8-10H2,1-3H3,(H,16,18)/t12-,13+. The number of nitrogens with one attached hydrogen (secondary N) is 1. The molecule has 1 aromatic rings. The molecule has 4 heteroatoms. The largest absolute Gasteiger partial charge is 0.373 e. The minimum Gasteiger partial charge on any atom is -0.373 e. The van der Waals surface area contributed by atoms with E-state index < -0.39 is 0 Å². The Balaban J connectivity index is 1.87. The van der Waals surface area contributed by atoms with Gasteiger partial charge >= 0.3 is 0 Å². The van der Waals surface area contributed by atoms with Crippen LogP contribution in [0.5, 0.6) is 0 Å². The van der Waals surface area contributed by atoms with Gasteiger partial charge in [0.15, 0.2) is 0 Å². The first-order valence-electron chi connectivity index (χ1n) is 6.77. The maximum atomic E-state index is 12.0. The first kappa shape index (κ1) is 14.0. The SMILES string of the molecule is Cc1cccc(NC(=O)CN2C[C@@H](C)O[C@@H](C)C2)c1. The van der Waals surface area contributed by atoms with Gasteiger partial charge in [-0.05, 0) is 38.5 Å². The van der Waals surface area contributed by atoms with E-state index in [0.717, 1.165) is 24.3 Å². The van der Waals surface area contributed by atoms with Gasteiger partial charge in [-0.1, -0.05) is 12.1 Å². The number of rotatable bonds is 3. The number of anilines is 1. The van der Waals surface area contributed by atoms with Crippen LogP contribution in [0.25, 0.3) is 0 Å². The molecule has 1 aliphatic rings. The molecule has 0 unspecified atom stereocenters. The minimum absolute atomic E-state index is 0.0342. The number of benzene rings is 1. The number of nitrogens with zero attached hydrogens (tertiary/aromatic N) is 1. The van der Waals surface area contributed by atoms with E-state index in [2.05, 4.69) is 10.2 Å². The zero-order valence-electron chi connectivity index (χ0n) is 11.8. The molecule has 2 atom stereocenters. The number of aryl methyl sites for hydroxylation is 1. The van der Waals surface area contributed by atoms with Gasteiger partial charge in [0.1, 0.15) is 0 Å². The Labute approximate surface area is 114 Å². The third-order valence-corrected chi connectivity index (χ3v) is 3.16.